The van der Waals surface area contributed by atoms with E-state index in [2.05, 4.69) is 19.9 Å². The molecule has 0 radical (unpaired) electrons. The molecule has 7 nitrogen and oxygen atoms in total. The zero-order valence-electron chi connectivity index (χ0n) is 8.12. The summed E-state index contributed by atoms with van der Waals surface area (Å²) >= 11 is 0. The number of anilines is 2. The van der Waals surface area contributed by atoms with Crippen LogP contribution in [0.25, 0.3) is 11.5 Å². The quantitative estimate of drug-likeness (QED) is 0.680. The zero-order valence-corrected chi connectivity index (χ0v) is 8.12. The van der Waals surface area contributed by atoms with E-state index in [1.54, 1.807) is 12.1 Å². The van der Waals surface area contributed by atoms with E-state index in [-0.39, 0.29) is 17.7 Å². The first-order valence-electron chi connectivity index (χ1n) is 4.32. The molecule has 2 rings (SSSR count). The van der Waals surface area contributed by atoms with Crippen molar-refractivity contribution in [2.75, 3.05) is 11.5 Å². The highest BCUT2D eigenvalue weighted by Crippen LogP contribution is 2.13. The van der Waals surface area contributed by atoms with E-state index in [9.17, 15) is 0 Å². The fourth-order valence-electron chi connectivity index (χ4n) is 1.12. The lowest BCUT2D eigenvalue weighted by Crippen LogP contribution is -2.04. The molecule has 0 bridgehead atoms. The molecule has 0 saturated carbocycles. The van der Waals surface area contributed by atoms with Gasteiger partial charge in [0.15, 0.2) is 5.82 Å². The van der Waals surface area contributed by atoms with Crippen molar-refractivity contribution < 1.29 is 0 Å². The molecule has 0 aliphatic carbocycles. The molecule has 0 aliphatic heterocycles. The lowest BCUT2D eigenvalue weighted by atomic mass is 10.2. The molecule has 2 aromatic rings. The first kappa shape index (κ1) is 9.79. The lowest BCUT2D eigenvalue weighted by Gasteiger charge is -2.00. The summed E-state index contributed by atoms with van der Waals surface area (Å²) < 4.78 is 0. The van der Waals surface area contributed by atoms with Crippen molar-refractivity contribution in [2.24, 2.45) is 0 Å². The van der Waals surface area contributed by atoms with Crippen molar-refractivity contribution in [3.8, 4) is 17.6 Å². The fourth-order valence-corrected chi connectivity index (χ4v) is 1.12. The summed E-state index contributed by atoms with van der Waals surface area (Å²) in [6.07, 6.45) is 1.42. The van der Waals surface area contributed by atoms with Crippen LogP contribution in [0.4, 0.5) is 11.9 Å². The third kappa shape index (κ3) is 1.85. The lowest BCUT2D eigenvalue weighted by molar-refractivity contribution is 1.07. The second-order valence-corrected chi connectivity index (χ2v) is 2.92. The minimum absolute atomic E-state index is 0.0358. The number of pyridine rings is 1. The van der Waals surface area contributed by atoms with Gasteiger partial charge in [-0.05, 0) is 12.1 Å². The number of rotatable bonds is 1. The van der Waals surface area contributed by atoms with Crippen molar-refractivity contribution in [3.05, 3.63) is 23.9 Å². The molecule has 0 fully saturated rings. The fraction of sp³-hybridized carbons (Fsp3) is 0. The van der Waals surface area contributed by atoms with Gasteiger partial charge in [-0.2, -0.15) is 20.2 Å². The van der Waals surface area contributed by atoms with E-state index in [0.29, 0.717) is 11.3 Å². The second kappa shape index (κ2) is 3.78. The molecule has 7 heteroatoms. The number of aromatic nitrogens is 4. The number of hydrogen-bond donors (Lipinski definition) is 2. The third-order valence-corrected chi connectivity index (χ3v) is 1.79. The molecule has 0 amide bonds. The van der Waals surface area contributed by atoms with E-state index >= 15 is 0 Å². The average molecular weight is 213 g/mol. The smallest absolute Gasteiger partial charge is 0.225 e. The Morgan fingerprint density at radius 1 is 1.06 bits per heavy atom. The van der Waals surface area contributed by atoms with Gasteiger partial charge in [0.05, 0.1) is 5.56 Å². The predicted octanol–water partition coefficient (Wildman–Crippen LogP) is -0.0303. The topological polar surface area (TPSA) is 127 Å². The Labute approximate surface area is 90.8 Å². The van der Waals surface area contributed by atoms with Crippen LogP contribution in [0.2, 0.25) is 0 Å². The first-order chi connectivity index (χ1) is 7.69. The maximum atomic E-state index is 8.62. The van der Waals surface area contributed by atoms with Gasteiger partial charge in [-0.25, -0.2) is 0 Å². The van der Waals surface area contributed by atoms with Crippen molar-refractivity contribution in [2.45, 2.75) is 0 Å². The summed E-state index contributed by atoms with van der Waals surface area (Å²) in [5, 5.41) is 8.62. The maximum Gasteiger partial charge on any atom is 0.225 e. The molecule has 0 aromatic carbocycles. The van der Waals surface area contributed by atoms with Gasteiger partial charge in [0.1, 0.15) is 11.8 Å². The van der Waals surface area contributed by atoms with E-state index in [1.165, 1.54) is 6.20 Å². The number of nitrogens with zero attached hydrogens (tertiary/aromatic N) is 5. The average Bonchev–Trinajstić information content (AvgIpc) is 2.28. The molecule has 4 N–H and O–H groups in total. The van der Waals surface area contributed by atoms with Crippen LogP contribution in [0.15, 0.2) is 18.3 Å². The van der Waals surface area contributed by atoms with E-state index < -0.39 is 0 Å². The van der Waals surface area contributed by atoms with Gasteiger partial charge in [0, 0.05) is 6.20 Å². The highest BCUT2D eigenvalue weighted by atomic mass is 15.1. The predicted molar refractivity (Wildman–Crippen MR) is 56.6 cm³/mol. The number of nitrogen functional groups attached to an aromatic ring is 2. The standard InChI is InChI=1S/C9H7N7/c10-3-5-1-2-6(13-4-5)7-14-8(11)16-9(12)15-7/h1-2,4H,(H4,11,12,14,15,16). The summed E-state index contributed by atoms with van der Waals surface area (Å²) in [6.45, 7) is 0. The molecule has 0 spiro atoms. The van der Waals surface area contributed by atoms with Gasteiger partial charge < -0.3 is 11.5 Å². The van der Waals surface area contributed by atoms with Gasteiger partial charge in [-0.15, -0.1) is 0 Å². The van der Waals surface area contributed by atoms with Gasteiger partial charge in [-0.3, -0.25) is 4.98 Å². The van der Waals surface area contributed by atoms with Crippen LogP contribution in [-0.2, 0) is 0 Å². The molecular formula is C9H7N7. The molecule has 16 heavy (non-hydrogen) atoms. The van der Waals surface area contributed by atoms with Crippen LogP contribution in [0.5, 0.6) is 0 Å². The van der Waals surface area contributed by atoms with Crippen LogP contribution >= 0.6 is 0 Å². The van der Waals surface area contributed by atoms with Crippen LogP contribution in [0.3, 0.4) is 0 Å². The van der Waals surface area contributed by atoms with Gasteiger partial charge in [0.2, 0.25) is 11.9 Å². The SMILES string of the molecule is N#Cc1ccc(-c2nc(N)nc(N)n2)nc1. The summed E-state index contributed by atoms with van der Waals surface area (Å²) in [5.41, 5.74) is 11.8. The van der Waals surface area contributed by atoms with E-state index in [4.69, 9.17) is 16.7 Å². The van der Waals surface area contributed by atoms with Crippen molar-refractivity contribution in [1.29, 1.82) is 5.26 Å². The van der Waals surface area contributed by atoms with Crippen molar-refractivity contribution in [1.82, 2.24) is 19.9 Å². The van der Waals surface area contributed by atoms with Gasteiger partial charge in [-0.1, -0.05) is 0 Å². The first-order valence-corrected chi connectivity index (χ1v) is 4.32. The van der Waals surface area contributed by atoms with Gasteiger partial charge >= 0.3 is 0 Å². The number of hydrogen-bond acceptors (Lipinski definition) is 7. The zero-order chi connectivity index (χ0) is 11.5. The summed E-state index contributed by atoms with van der Waals surface area (Å²) in [6, 6.07) is 5.19. The van der Waals surface area contributed by atoms with Gasteiger partial charge in [0.25, 0.3) is 0 Å². The molecule has 2 aromatic heterocycles. The normalized spacial score (nSPS) is 9.69. The molecule has 0 unspecified atom stereocenters. The molecule has 0 aliphatic rings. The third-order valence-electron chi connectivity index (χ3n) is 1.79. The molecule has 0 saturated heterocycles. The van der Waals surface area contributed by atoms with E-state index in [1.807, 2.05) is 6.07 Å². The number of nitriles is 1. The molecule has 2 heterocycles. The van der Waals surface area contributed by atoms with E-state index in [0.717, 1.165) is 0 Å². The molecular weight excluding hydrogens is 206 g/mol. The van der Waals surface area contributed by atoms with Crippen LogP contribution < -0.4 is 11.5 Å². The monoisotopic (exact) mass is 213 g/mol. The van der Waals surface area contributed by atoms with Crippen LogP contribution in [0.1, 0.15) is 5.56 Å². The largest absolute Gasteiger partial charge is 0.368 e. The molecule has 0 atom stereocenters. The Bertz CT molecular complexity index is 535. The minimum Gasteiger partial charge on any atom is -0.368 e. The summed E-state index contributed by atoms with van der Waals surface area (Å²) in [7, 11) is 0. The van der Waals surface area contributed by atoms with Crippen molar-refractivity contribution in [3.63, 3.8) is 0 Å². The minimum atomic E-state index is 0.0358. The Kier molecular flexibility index (Phi) is 2.31. The van der Waals surface area contributed by atoms with Crippen LogP contribution in [-0.4, -0.2) is 19.9 Å². The summed E-state index contributed by atoms with van der Waals surface area (Å²) in [4.78, 5) is 15.4. The Morgan fingerprint density at radius 2 is 1.75 bits per heavy atom. The maximum absolute atomic E-state index is 8.62. The molecule has 78 valence electrons. The summed E-state index contributed by atoms with van der Waals surface area (Å²) in [5.74, 6) is 0.358. The highest BCUT2D eigenvalue weighted by Gasteiger charge is 2.06. The highest BCUT2D eigenvalue weighted by molar-refractivity contribution is 5.52. The Morgan fingerprint density at radius 3 is 2.25 bits per heavy atom. The Balaban J connectivity index is 2.47. The number of nitrogens with two attached hydrogens (primary N) is 2. The second-order valence-electron chi connectivity index (χ2n) is 2.92. The Hall–Kier alpha value is -2.75. The van der Waals surface area contributed by atoms with Crippen molar-refractivity contribution >= 4 is 11.9 Å². The van der Waals surface area contributed by atoms with Crippen LogP contribution in [0, 0.1) is 11.3 Å².